The number of carbonyl (C=O) groups excluding carboxylic acids is 1. The lowest BCUT2D eigenvalue weighted by atomic mass is 9.99. The Bertz CT molecular complexity index is 983. The fourth-order valence-corrected chi connectivity index (χ4v) is 5.03. The van der Waals surface area contributed by atoms with Crippen LogP contribution in [0.2, 0.25) is 5.02 Å². The molecular formula is C22H26ClFN2O3S. The predicted molar refractivity (Wildman–Crippen MR) is 115 cm³/mol. The third-order valence-corrected chi connectivity index (χ3v) is 7.66. The molecule has 30 heavy (non-hydrogen) atoms. The second kappa shape index (κ2) is 9.45. The van der Waals surface area contributed by atoms with Crippen LogP contribution in [0.15, 0.2) is 47.4 Å². The Hall–Kier alpha value is -1.96. The fourth-order valence-electron chi connectivity index (χ4n) is 3.45. The second-order valence-electron chi connectivity index (χ2n) is 7.85. The van der Waals surface area contributed by atoms with Crippen LogP contribution in [-0.2, 0) is 21.4 Å². The molecule has 0 spiro atoms. The Labute approximate surface area is 182 Å². The smallest absolute Gasteiger partial charge is 0.243 e. The van der Waals surface area contributed by atoms with E-state index >= 15 is 0 Å². The summed E-state index contributed by atoms with van der Waals surface area (Å²) in [5, 5.41) is 0.123. The summed E-state index contributed by atoms with van der Waals surface area (Å²) in [6.07, 6.45) is 1.77. The molecule has 1 fully saturated rings. The highest BCUT2D eigenvalue weighted by Crippen LogP contribution is 2.25. The maximum Gasteiger partial charge on any atom is 0.243 e. The van der Waals surface area contributed by atoms with E-state index in [1.165, 1.54) is 30.3 Å². The van der Waals surface area contributed by atoms with Gasteiger partial charge >= 0.3 is 0 Å². The summed E-state index contributed by atoms with van der Waals surface area (Å²) in [4.78, 5) is 14.6. The van der Waals surface area contributed by atoms with E-state index in [9.17, 15) is 17.6 Å². The van der Waals surface area contributed by atoms with Crippen molar-refractivity contribution in [3.05, 3.63) is 64.4 Å². The minimum Gasteiger partial charge on any atom is -0.342 e. The highest BCUT2D eigenvalue weighted by atomic mass is 35.5. The van der Waals surface area contributed by atoms with Gasteiger partial charge in [0.25, 0.3) is 0 Å². The van der Waals surface area contributed by atoms with Crippen LogP contribution in [0, 0.1) is 18.7 Å². The molecule has 0 aliphatic carbocycles. The Kier molecular flexibility index (Phi) is 7.16. The van der Waals surface area contributed by atoms with Gasteiger partial charge in [0.1, 0.15) is 5.82 Å². The van der Waals surface area contributed by atoms with Crippen molar-refractivity contribution >= 4 is 27.5 Å². The normalized spacial score (nSPS) is 15.6. The molecule has 0 saturated carbocycles. The standard InChI is InChI=1S/C22H26ClFN2O3S/c1-16-6-8-18(9-7-16)30(28,29)26(14-19-20(23)4-3-5-21(19)24)15-22(27)25-12-10-17(2)11-13-25/h3-9,17H,10-15H2,1-2H3. The summed E-state index contributed by atoms with van der Waals surface area (Å²) in [6.45, 7) is 4.50. The molecule has 1 heterocycles. The molecule has 162 valence electrons. The number of benzene rings is 2. The Balaban J connectivity index is 1.92. The molecular weight excluding hydrogens is 427 g/mol. The van der Waals surface area contributed by atoms with Crippen molar-refractivity contribution in [2.45, 2.75) is 38.1 Å². The first-order chi connectivity index (χ1) is 14.2. The highest BCUT2D eigenvalue weighted by Gasteiger charge is 2.31. The van der Waals surface area contributed by atoms with Gasteiger partial charge in [-0.05, 0) is 49.9 Å². The van der Waals surface area contributed by atoms with Crippen molar-refractivity contribution in [3.8, 4) is 0 Å². The van der Waals surface area contributed by atoms with Crippen LogP contribution in [0.25, 0.3) is 0 Å². The molecule has 2 aromatic carbocycles. The topological polar surface area (TPSA) is 57.7 Å². The Morgan fingerprint density at radius 1 is 1.17 bits per heavy atom. The minimum absolute atomic E-state index is 0.0509. The average Bonchev–Trinajstić information content (AvgIpc) is 2.70. The van der Waals surface area contributed by atoms with Crippen molar-refractivity contribution in [2.24, 2.45) is 5.92 Å². The third kappa shape index (κ3) is 5.20. The first kappa shape index (κ1) is 22.7. The van der Waals surface area contributed by atoms with Gasteiger partial charge in [0.15, 0.2) is 0 Å². The SMILES string of the molecule is Cc1ccc(S(=O)(=O)N(CC(=O)N2CCC(C)CC2)Cc2c(F)cccc2Cl)cc1. The number of rotatable bonds is 6. The van der Waals surface area contributed by atoms with E-state index in [1.807, 2.05) is 6.92 Å². The second-order valence-corrected chi connectivity index (χ2v) is 10.2. The number of aryl methyl sites for hydroxylation is 1. The van der Waals surface area contributed by atoms with Gasteiger partial charge in [-0.25, -0.2) is 12.8 Å². The summed E-state index contributed by atoms with van der Waals surface area (Å²) < 4.78 is 42.1. The quantitative estimate of drug-likeness (QED) is 0.658. The molecule has 2 aromatic rings. The van der Waals surface area contributed by atoms with E-state index < -0.39 is 15.8 Å². The highest BCUT2D eigenvalue weighted by molar-refractivity contribution is 7.89. The zero-order valence-corrected chi connectivity index (χ0v) is 18.7. The molecule has 1 aliphatic heterocycles. The monoisotopic (exact) mass is 452 g/mol. The molecule has 0 bridgehead atoms. The van der Waals surface area contributed by atoms with Gasteiger partial charge in [-0.3, -0.25) is 4.79 Å². The predicted octanol–water partition coefficient (Wildman–Crippen LogP) is 4.24. The Morgan fingerprint density at radius 2 is 1.80 bits per heavy atom. The molecule has 0 atom stereocenters. The van der Waals surface area contributed by atoms with Crippen LogP contribution in [0.1, 0.15) is 30.9 Å². The fraction of sp³-hybridized carbons (Fsp3) is 0.409. The van der Waals surface area contributed by atoms with Crippen molar-refractivity contribution in [1.82, 2.24) is 9.21 Å². The zero-order valence-electron chi connectivity index (χ0n) is 17.1. The molecule has 3 rings (SSSR count). The van der Waals surface area contributed by atoms with Gasteiger partial charge in [-0.1, -0.05) is 42.3 Å². The van der Waals surface area contributed by atoms with Crippen molar-refractivity contribution in [2.75, 3.05) is 19.6 Å². The van der Waals surface area contributed by atoms with E-state index in [2.05, 4.69) is 6.92 Å². The molecule has 0 unspecified atom stereocenters. The van der Waals surface area contributed by atoms with Crippen LogP contribution in [0.5, 0.6) is 0 Å². The van der Waals surface area contributed by atoms with E-state index in [1.54, 1.807) is 17.0 Å². The summed E-state index contributed by atoms with van der Waals surface area (Å²) in [7, 11) is -4.03. The lowest BCUT2D eigenvalue weighted by Gasteiger charge is -2.32. The van der Waals surface area contributed by atoms with Gasteiger partial charge in [0.2, 0.25) is 15.9 Å². The molecule has 1 amide bonds. The van der Waals surface area contributed by atoms with Crippen molar-refractivity contribution in [3.63, 3.8) is 0 Å². The molecule has 0 N–H and O–H groups in total. The van der Waals surface area contributed by atoms with Crippen LogP contribution < -0.4 is 0 Å². The first-order valence-corrected chi connectivity index (χ1v) is 11.8. The molecule has 8 heteroatoms. The maximum atomic E-state index is 14.4. The number of amides is 1. The summed E-state index contributed by atoms with van der Waals surface area (Å²) in [5.41, 5.74) is 0.964. The van der Waals surface area contributed by atoms with Gasteiger partial charge in [-0.2, -0.15) is 4.31 Å². The number of hydrogen-bond acceptors (Lipinski definition) is 3. The molecule has 0 aromatic heterocycles. The summed E-state index contributed by atoms with van der Waals surface area (Å²) >= 11 is 6.13. The lowest BCUT2D eigenvalue weighted by molar-refractivity contribution is -0.132. The first-order valence-electron chi connectivity index (χ1n) is 9.96. The summed E-state index contributed by atoms with van der Waals surface area (Å²) in [5.74, 6) is -0.352. The number of hydrogen-bond donors (Lipinski definition) is 0. The van der Waals surface area contributed by atoms with E-state index in [0.29, 0.717) is 19.0 Å². The van der Waals surface area contributed by atoms with Gasteiger partial charge in [0, 0.05) is 30.2 Å². The molecule has 1 aliphatic rings. The van der Waals surface area contributed by atoms with Gasteiger partial charge < -0.3 is 4.90 Å². The van der Waals surface area contributed by atoms with E-state index in [0.717, 1.165) is 22.7 Å². The number of nitrogens with zero attached hydrogens (tertiary/aromatic N) is 2. The molecule has 5 nitrogen and oxygen atoms in total. The van der Waals surface area contributed by atoms with E-state index in [-0.39, 0.29) is 34.5 Å². The lowest BCUT2D eigenvalue weighted by Crippen LogP contribution is -2.45. The number of halogens is 2. The number of sulfonamides is 1. The zero-order chi connectivity index (χ0) is 21.9. The largest absolute Gasteiger partial charge is 0.342 e. The van der Waals surface area contributed by atoms with Gasteiger partial charge in [-0.15, -0.1) is 0 Å². The third-order valence-electron chi connectivity index (χ3n) is 5.50. The van der Waals surface area contributed by atoms with Crippen LogP contribution in [0.3, 0.4) is 0 Å². The average molecular weight is 453 g/mol. The number of likely N-dealkylation sites (tertiary alicyclic amines) is 1. The number of carbonyl (C=O) groups is 1. The van der Waals surface area contributed by atoms with Crippen LogP contribution >= 0.6 is 11.6 Å². The van der Waals surface area contributed by atoms with E-state index in [4.69, 9.17) is 11.6 Å². The minimum atomic E-state index is -4.03. The Morgan fingerprint density at radius 3 is 2.40 bits per heavy atom. The number of piperidine rings is 1. The molecule has 1 saturated heterocycles. The van der Waals surface area contributed by atoms with Crippen molar-refractivity contribution in [1.29, 1.82) is 0 Å². The van der Waals surface area contributed by atoms with Gasteiger partial charge in [0.05, 0.1) is 11.4 Å². The maximum absolute atomic E-state index is 14.4. The van der Waals surface area contributed by atoms with Crippen molar-refractivity contribution < 1.29 is 17.6 Å². The molecule has 0 radical (unpaired) electrons. The summed E-state index contributed by atoms with van der Waals surface area (Å²) in [6, 6.07) is 10.6. The van der Waals surface area contributed by atoms with Crippen LogP contribution in [0.4, 0.5) is 4.39 Å². The van der Waals surface area contributed by atoms with Crippen LogP contribution in [-0.4, -0.2) is 43.2 Å².